The van der Waals surface area contributed by atoms with Crippen molar-refractivity contribution in [1.29, 1.82) is 0 Å². The van der Waals surface area contributed by atoms with Crippen molar-refractivity contribution in [3.63, 3.8) is 0 Å². The lowest BCUT2D eigenvalue weighted by atomic mass is 9.95. The molecule has 0 saturated carbocycles. The van der Waals surface area contributed by atoms with E-state index in [1.54, 1.807) is 0 Å². The lowest BCUT2D eigenvalue weighted by Crippen LogP contribution is -2.56. The van der Waals surface area contributed by atoms with Gasteiger partial charge in [-0.05, 0) is 72.5 Å². The molecule has 53 heavy (non-hydrogen) atoms. The molecule has 0 aromatic heterocycles. The molecule has 2 N–H and O–H groups in total. The van der Waals surface area contributed by atoms with E-state index >= 15 is 0 Å². The number of aliphatic hydroxyl groups excluding tert-OH is 1. The maximum absolute atomic E-state index is 13.1. The van der Waals surface area contributed by atoms with Gasteiger partial charge in [0.25, 0.3) is 0 Å². The molecular weight excluding hydrogens is 739 g/mol. The molecule has 1 amide bonds. The molecule has 0 bridgehead atoms. The smallest absolute Gasteiger partial charge is 0.225 e. The summed E-state index contributed by atoms with van der Waals surface area (Å²) in [5.41, 5.74) is -0.565. The van der Waals surface area contributed by atoms with Gasteiger partial charge in [-0.25, -0.2) is 0 Å². The highest BCUT2D eigenvalue weighted by Crippen LogP contribution is 2.46. The molecule has 2 rings (SSSR count). The fourth-order valence-corrected chi connectivity index (χ4v) is 10.3. The van der Waals surface area contributed by atoms with E-state index in [2.05, 4.69) is 141 Å². The SMILES string of the molecule is CC(C)(C)C(=O)NC[C@H]1O[C@H](OC[C@H]2O[C@H](O)[C@@H](O[Si](C)(C)C(C)(C)C)[C@@H]2O[Si](C)(C)C(C)(C)C)[C@@H](O[Si](C)(C)C(C)(C)C)[C@@H]1O[Si](C)(C)C(C)(C)C. The first-order valence-electron chi connectivity index (χ1n) is 19.9. The second-order valence-electron chi connectivity index (χ2n) is 22.8. The molecule has 2 saturated heterocycles. The van der Waals surface area contributed by atoms with Crippen molar-refractivity contribution < 1.29 is 41.8 Å². The number of carbonyl (C=O) groups excluding carboxylic acids is 1. The minimum absolute atomic E-state index is 0.0647. The molecule has 14 heteroatoms. The van der Waals surface area contributed by atoms with Gasteiger partial charge < -0.3 is 42.3 Å². The number of ether oxygens (including phenoxy) is 3. The Morgan fingerprint density at radius 1 is 0.547 bits per heavy atom. The Kier molecular flexibility index (Phi) is 15.2. The van der Waals surface area contributed by atoms with Gasteiger partial charge in [-0.15, -0.1) is 0 Å². The van der Waals surface area contributed by atoms with Crippen LogP contribution < -0.4 is 5.32 Å². The van der Waals surface area contributed by atoms with E-state index in [0.29, 0.717) is 0 Å². The van der Waals surface area contributed by atoms with Crippen LogP contribution in [-0.4, -0.2) is 107 Å². The van der Waals surface area contributed by atoms with Gasteiger partial charge in [-0.1, -0.05) is 104 Å². The zero-order valence-corrected chi connectivity index (χ0v) is 42.2. The van der Waals surface area contributed by atoms with Gasteiger partial charge in [0.2, 0.25) is 5.91 Å². The molecule has 0 radical (unpaired) electrons. The minimum Gasteiger partial charge on any atom is -0.408 e. The van der Waals surface area contributed by atoms with Crippen LogP contribution in [0.15, 0.2) is 0 Å². The number of rotatable bonds is 13. The van der Waals surface area contributed by atoms with Crippen molar-refractivity contribution in [2.24, 2.45) is 5.41 Å². The number of amides is 1. The van der Waals surface area contributed by atoms with Crippen molar-refractivity contribution in [3.05, 3.63) is 0 Å². The minimum atomic E-state index is -2.39. The Balaban J connectivity index is 2.61. The standard InChI is InChI=1S/C39H83NO9Si4/c1-35(2,3)34(42)40-24-26-28(46-50(16,17)36(4,5)6)31(49-53(22,23)39(13,14)15)33(45-26)43-25-27-29(47-51(18,19)37(7,8)9)30(32(41)44-27)48-52(20,21)38(10,11)12/h26-33,41H,24-25H2,1-23H3,(H,40,42)/t26-,27-,28-,29-,30+,31+,32+,33+/m1/s1. The average Bonchev–Trinajstić information content (AvgIpc) is 3.37. The monoisotopic (exact) mass is 822 g/mol. The predicted octanol–water partition coefficient (Wildman–Crippen LogP) is 9.17. The van der Waals surface area contributed by atoms with Gasteiger partial charge in [0.15, 0.2) is 45.8 Å². The molecule has 10 nitrogen and oxygen atoms in total. The number of hydrogen-bond acceptors (Lipinski definition) is 9. The molecule has 0 aromatic rings. The van der Waals surface area contributed by atoms with Gasteiger partial charge in [0.05, 0.1) is 6.61 Å². The summed E-state index contributed by atoms with van der Waals surface area (Å²) in [6.45, 7) is 50.2. The topological polar surface area (TPSA) is 114 Å². The van der Waals surface area contributed by atoms with E-state index < -0.39 is 87.9 Å². The largest absolute Gasteiger partial charge is 0.408 e. The summed E-state index contributed by atoms with van der Waals surface area (Å²) in [5, 5.41) is 14.3. The van der Waals surface area contributed by atoms with Crippen LogP contribution in [0, 0.1) is 5.41 Å². The lowest BCUT2D eigenvalue weighted by Gasteiger charge is -2.44. The molecule has 0 aromatic carbocycles. The zero-order chi connectivity index (χ0) is 41.8. The van der Waals surface area contributed by atoms with Crippen LogP contribution >= 0.6 is 0 Å². The fourth-order valence-electron chi connectivity index (χ4n) is 5.08. The molecule has 2 aliphatic rings. The maximum atomic E-state index is 13.1. The van der Waals surface area contributed by atoms with Crippen LogP contribution in [0.3, 0.4) is 0 Å². The summed E-state index contributed by atoms with van der Waals surface area (Å²) in [7, 11) is -9.43. The summed E-state index contributed by atoms with van der Waals surface area (Å²) in [6.07, 6.45) is -5.40. The molecule has 2 aliphatic heterocycles. The van der Waals surface area contributed by atoms with E-state index in [-0.39, 0.29) is 39.2 Å². The molecular formula is C39H83NO9Si4. The molecule has 2 heterocycles. The Morgan fingerprint density at radius 3 is 1.25 bits per heavy atom. The van der Waals surface area contributed by atoms with Gasteiger partial charge in [-0.2, -0.15) is 0 Å². The number of hydrogen-bond donors (Lipinski definition) is 2. The molecule has 2 fully saturated rings. The third-order valence-corrected chi connectivity index (χ3v) is 31.0. The summed E-state index contributed by atoms with van der Waals surface area (Å²) in [4.78, 5) is 13.1. The highest BCUT2D eigenvalue weighted by atomic mass is 28.4. The van der Waals surface area contributed by atoms with Crippen molar-refractivity contribution in [1.82, 2.24) is 5.32 Å². The van der Waals surface area contributed by atoms with Crippen molar-refractivity contribution in [2.75, 3.05) is 13.2 Å². The second-order valence-corrected chi connectivity index (χ2v) is 41.8. The Morgan fingerprint density at radius 2 is 0.887 bits per heavy atom. The van der Waals surface area contributed by atoms with Crippen LogP contribution in [0.5, 0.6) is 0 Å². The fraction of sp³-hybridized carbons (Fsp3) is 0.974. The average molecular weight is 822 g/mol. The molecule has 0 aliphatic carbocycles. The highest BCUT2D eigenvalue weighted by molar-refractivity contribution is 6.75. The first kappa shape index (κ1) is 49.2. The Labute approximate surface area is 329 Å². The molecule has 8 atom stereocenters. The first-order chi connectivity index (χ1) is 23.3. The Bertz CT molecular complexity index is 1230. The van der Waals surface area contributed by atoms with Crippen molar-refractivity contribution >= 4 is 39.2 Å². The van der Waals surface area contributed by atoms with E-state index in [1.807, 2.05) is 20.8 Å². The van der Waals surface area contributed by atoms with Crippen LogP contribution in [0.25, 0.3) is 0 Å². The van der Waals surface area contributed by atoms with Gasteiger partial charge >= 0.3 is 0 Å². The zero-order valence-electron chi connectivity index (χ0n) is 38.2. The van der Waals surface area contributed by atoms with Crippen LogP contribution in [-0.2, 0) is 36.7 Å². The predicted molar refractivity (Wildman–Crippen MR) is 226 cm³/mol. The van der Waals surface area contributed by atoms with Crippen LogP contribution in [0.4, 0.5) is 0 Å². The van der Waals surface area contributed by atoms with Crippen molar-refractivity contribution in [3.8, 4) is 0 Å². The third-order valence-electron chi connectivity index (χ3n) is 13.1. The second kappa shape index (κ2) is 16.3. The van der Waals surface area contributed by atoms with E-state index in [1.165, 1.54) is 0 Å². The van der Waals surface area contributed by atoms with Gasteiger partial charge in [0, 0.05) is 12.0 Å². The number of nitrogens with one attached hydrogen (secondary N) is 1. The van der Waals surface area contributed by atoms with Gasteiger partial charge in [0.1, 0.15) is 36.6 Å². The van der Waals surface area contributed by atoms with Gasteiger partial charge in [-0.3, -0.25) is 4.79 Å². The normalized spacial score (nSPS) is 28.8. The van der Waals surface area contributed by atoms with E-state index in [4.69, 9.17) is 31.9 Å². The first-order valence-corrected chi connectivity index (χ1v) is 31.5. The number of aliphatic hydroxyl groups is 1. The van der Waals surface area contributed by atoms with Crippen LogP contribution in [0.1, 0.15) is 104 Å². The summed E-state index contributed by atoms with van der Waals surface area (Å²) in [5.74, 6) is -0.0647. The summed E-state index contributed by atoms with van der Waals surface area (Å²) < 4.78 is 48.2. The quantitative estimate of drug-likeness (QED) is 0.176. The number of carbonyl (C=O) groups is 1. The summed E-state index contributed by atoms with van der Waals surface area (Å²) >= 11 is 0. The lowest BCUT2D eigenvalue weighted by molar-refractivity contribution is -0.193. The third kappa shape index (κ3) is 12.0. The Hall–Kier alpha value is 0.0175. The molecule has 0 unspecified atom stereocenters. The maximum Gasteiger partial charge on any atom is 0.225 e. The van der Waals surface area contributed by atoms with E-state index in [0.717, 1.165) is 0 Å². The summed E-state index contributed by atoms with van der Waals surface area (Å²) in [6, 6.07) is 0. The highest BCUT2D eigenvalue weighted by Gasteiger charge is 2.57. The molecule has 0 spiro atoms. The van der Waals surface area contributed by atoms with Crippen LogP contribution in [0.2, 0.25) is 72.5 Å². The molecule has 314 valence electrons. The van der Waals surface area contributed by atoms with E-state index in [9.17, 15) is 9.90 Å². The van der Waals surface area contributed by atoms with Crippen molar-refractivity contribution in [2.45, 2.75) is 226 Å².